The number of phenolic OH excluding ortho intramolecular Hbond substituents is 1. The van der Waals surface area contributed by atoms with E-state index in [1.165, 1.54) is 0 Å². The molecule has 0 aliphatic rings. The summed E-state index contributed by atoms with van der Waals surface area (Å²) in [5.74, 6) is 0.350. The highest BCUT2D eigenvalue weighted by atomic mass is 32.1. The van der Waals surface area contributed by atoms with E-state index >= 15 is 0 Å². The Morgan fingerprint density at radius 1 is 1.45 bits per heavy atom. The van der Waals surface area contributed by atoms with Crippen molar-refractivity contribution in [3.63, 3.8) is 0 Å². The Balaban J connectivity index is 3.29. The van der Waals surface area contributed by atoms with Gasteiger partial charge in [-0.2, -0.15) is 0 Å². The number of rotatable bonds is 1. The molecule has 1 rings (SSSR count). The topological polar surface area (TPSA) is 20.2 Å². The zero-order chi connectivity index (χ0) is 8.43. The van der Waals surface area contributed by atoms with Gasteiger partial charge < -0.3 is 5.11 Å². The smallest absolute Gasteiger partial charge is 0.119 e. The molecule has 1 aromatic rings. The lowest BCUT2D eigenvalue weighted by molar-refractivity contribution is 0.466. The van der Waals surface area contributed by atoms with Crippen LogP contribution in [0.4, 0.5) is 0 Å². The maximum absolute atomic E-state index is 9.37. The maximum atomic E-state index is 9.37. The molecule has 0 amide bonds. The van der Waals surface area contributed by atoms with Crippen molar-refractivity contribution in [2.45, 2.75) is 25.2 Å². The Morgan fingerprint density at radius 3 is 2.55 bits per heavy atom. The minimum Gasteiger partial charge on any atom is -0.508 e. The van der Waals surface area contributed by atoms with Gasteiger partial charge in [-0.25, -0.2) is 0 Å². The molecule has 1 aromatic carbocycles. The fourth-order valence-corrected chi connectivity index (χ4v) is 1.44. The van der Waals surface area contributed by atoms with Crippen LogP contribution in [-0.2, 0) is 6.42 Å². The van der Waals surface area contributed by atoms with Crippen LogP contribution < -0.4 is 0 Å². The van der Waals surface area contributed by atoms with E-state index in [1.54, 1.807) is 6.07 Å². The van der Waals surface area contributed by atoms with Crippen molar-refractivity contribution in [2.24, 2.45) is 0 Å². The predicted octanol–water partition coefficient (Wildman–Crippen LogP) is 2.55. The van der Waals surface area contributed by atoms with E-state index in [9.17, 15) is 5.11 Å². The summed E-state index contributed by atoms with van der Waals surface area (Å²) < 4.78 is 0. The molecule has 0 aromatic heterocycles. The Labute approximate surface area is 72.5 Å². The Hall–Kier alpha value is -0.630. The van der Waals surface area contributed by atoms with Crippen LogP contribution in [0.15, 0.2) is 17.0 Å². The van der Waals surface area contributed by atoms with E-state index in [0.29, 0.717) is 5.75 Å². The van der Waals surface area contributed by atoms with Crippen LogP contribution in [0.25, 0.3) is 0 Å². The molecule has 11 heavy (non-hydrogen) atoms. The second kappa shape index (κ2) is 3.18. The second-order valence-corrected chi connectivity index (χ2v) is 3.03. The van der Waals surface area contributed by atoms with E-state index in [4.69, 9.17) is 0 Å². The van der Waals surface area contributed by atoms with Gasteiger partial charge in [-0.3, -0.25) is 0 Å². The number of benzene rings is 1. The van der Waals surface area contributed by atoms with Crippen LogP contribution in [0, 0.1) is 6.92 Å². The van der Waals surface area contributed by atoms with Crippen molar-refractivity contribution in [1.82, 2.24) is 0 Å². The van der Waals surface area contributed by atoms with Gasteiger partial charge in [-0.05, 0) is 25.0 Å². The van der Waals surface area contributed by atoms with Crippen molar-refractivity contribution in [2.75, 3.05) is 0 Å². The van der Waals surface area contributed by atoms with Crippen LogP contribution in [0.3, 0.4) is 0 Å². The molecule has 0 heterocycles. The summed E-state index contributed by atoms with van der Waals surface area (Å²) >= 11 is 4.30. The number of hydrogen-bond donors (Lipinski definition) is 2. The molecule has 0 atom stereocenters. The van der Waals surface area contributed by atoms with Crippen molar-refractivity contribution >= 4 is 12.6 Å². The number of aromatic hydroxyl groups is 1. The van der Waals surface area contributed by atoms with E-state index < -0.39 is 0 Å². The van der Waals surface area contributed by atoms with Crippen molar-refractivity contribution in [3.8, 4) is 5.75 Å². The molecule has 1 N–H and O–H groups in total. The van der Waals surface area contributed by atoms with E-state index in [1.807, 2.05) is 19.9 Å². The highest BCUT2D eigenvalue weighted by molar-refractivity contribution is 7.80. The second-order valence-electron chi connectivity index (χ2n) is 2.58. The average Bonchev–Trinajstić information content (AvgIpc) is 1.99. The summed E-state index contributed by atoms with van der Waals surface area (Å²) in [5, 5.41) is 9.37. The molecule has 0 radical (unpaired) electrons. The van der Waals surface area contributed by atoms with Crippen LogP contribution in [0.1, 0.15) is 18.1 Å². The summed E-state index contributed by atoms with van der Waals surface area (Å²) in [7, 11) is 0. The quantitative estimate of drug-likeness (QED) is 0.617. The fourth-order valence-electron chi connectivity index (χ4n) is 1.09. The molecule has 2 heteroatoms. The standard InChI is InChI=1S/C9H12OS/c1-3-7-8(10)5-4-6(2)9(7)11/h4-5,10-11H,3H2,1-2H3. The monoisotopic (exact) mass is 168 g/mol. The number of hydrogen-bond acceptors (Lipinski definition) is 2. The first-order valence-corrected chi connectivity index (χ1v) is 4.12. The van der Waals surface area contributed by atoms with Crippen LogP contribution >= 0.6 is 12.6 Å². The summed E-state index contributed by atoms with van der Waals surface area (Å²) in [4.78, 5) is 0.910. The highest BCUT2D eigenvalue weighted by Crippen LogP contribution is 2.27. The van der Waals surface area contributed by atoms with Gasteiger partial charge in [0.1, 0.15) is 5.75 Å². The first kappa shape index (κ1) is 8.47. The van der Waals surface area contributed by atoms with Gasteiger partial charge in [0, 0.05) is 10.5 Å². The Kier molecular flexibility index (Phi) is 2.45. The minimum atomic E-state index is 0.350. The van der Waals surface area contributed by atoms with Crippen LogP contribution in [0.5, 0.6) is 5.75 Å². The van der Waals surface area contributed by atoms with Crippen LogP contribution in [-0.4, -0.2) is 5.11 Å². The zero-order valence-electron chi connectivity index (χ0n) is 6.76. The molecule has 0 aliphatic heterocycles. The van der Waals surface area contributed by atoms with Crippen molar-refractivity contribution < 1.29 is 5.11 Å². The molecular formula is C9H12OS. The third-order valence-corrected chi connectivity index (χ3v) is 2.44. The summed E-state index contributed by atoms with van der Waals surface area (Å²) in [6, 6.07) is 3.59. The van der Waals surface area contributed by atoms with Gasteiger partial charge in [0.05, 0.1) is 0 Å². The third kappa shape index (κ3) is 1.51. The summed E-state index contributed by atoms with van der Waals surface area (Å²) in [6.45, 7) is 4.00. The fraction of sp³-hybridized carbons (Fsp3) is 0.333. The lowest BCUT2D eigenvalue weighted by Crippen LogP contribution is -1.87. The van der Waals surface area contributed by atoms with Gasteiger partial charge >= 0.3 is 0 Å². The van der Waals surface area contributed by atoms with Gasteiger partial charge in [0.15, 0.2) is 0 Å². The first-order valence-electron chi connectivity index (χ1n) is 3.67. The summed E-state index contributed by atoms with van der Waals surface area (Å²) in [5.41, 5.74) is 2.05. The normalized spacial score (nSPS) is 10.1. The number of phenols is 1. The maximum Gasteiger partial charge on any atom is 0.119 e. The molecule has 0 aliphatic carbocycles. The molecule has 0 unspecified atom stereocenters. The Bertz CT molecular complexity index is 269. The predicted molar refractivity (Wildman–Crippen MR) is 49.5 cm³/mol. The molecular weight excluding hydrogens is 156 g/mol. The van der Waals surface area contributed by atoms with Gasteiger partial charge in [0.2, 0.25) is 0 Å². The molecule has 0 fully saturated rings. The first-order chi connectivity index (χ1) is 5.16. The molecule has 0 bridgehead atoms. The summed E-state index contributed by atoms with van der Waals surface area (Å²) in [6.07, 6.45) is 0.826. The molecule has 0 saturated heterocycles. The van der Waals surface area contributed by atoms with E-state index in [-0.39, 0.29) is 0 Å². The lowest BCUT2D eigenvalue weighted by Gasteiger charge is -2.06. The largest absolute Gasteiger partial charge is 0.508 e. The molecule has 0 spiro atoms. The number of thiol groups is 1. The Morgan fingerprint density at radius 2 is 2.09 bits per heavy atom. The minimum absolute atomic E-state index is 0.350. The zero-order valence-corrected chi connectivity index (χ0v) is 7.65. The van der Waals surface area contributed by atoms with Crippen molar-refractivity contribution in [1.29, 1.82) is 0 Å². The van der Waals surface area contributed by atoms with Crippen molar-refractivity contribution in [3.05, 3.63) is 23.3 Å². The molecule has 60 valence electrons. The molecule has 0 saturated carbocycles. The van der Waals surface area contributed by atoms with Gasteiger partial charge in [-0.1, -0.05) is 13.0 Å². The molecule has 1 nitrogen and oxygen atoms in total. The van der Waals surface area contributed by atoms with E-state index in [0.717, 1.165) is 22.4 Å². The van der Waals surface area contributed by atoms with Crippen LogP contribution in [0.2, 0.25) is 0 Å². The van der Waals surface area contributed by atoms with Gasteiger partial charge in [0.25, 0.3) is 0 Å². The van der Waals surface area contributed by atoms with Gasteiger partial charge in [-0.15, -0.1) is 12.6 Å². The third-order valence-electron chi connectivity index (χ3n) is 1.81. The lowest BCUT2D eigenvalue weighted by atomic mass is 10.1. The average molecular weight is 168 g/mol. The number of aryl methyl sites for hydroxylation is 1. The highest BCUT2D eigenvalue weighted by Gasteiger charge is 2.04. The SMILES string of the molecule is CCc1c(O)ccc(C)c1S. The van der Waals surface area contributed by atoms with E-state index in [2.05, 4.69) is 12.6 Å².